The third-order valence-corrected chi connectivity index (χ3v) is 5.00. The van der Waals surface area contributed by atoms with Gasteiger partial charge in [-0.1, -0.05) is 29.8 Å². The van der Waals surface area contributed by atoms with Gasteiger partial charge < -0.3 is 21.7 Å². The minimum absolute atomic E-state index is 0.0632. The number of nitrogen functional groups attached to an aromatic ring is 1. The molecule has 2 heterocycles. The van der Waals surface area contributed by atoms with Gasteiger partial charge in [0.1, 0.15) is 12.0 Å². The maximum absolute atomic E-state index is 6.36. The first-order valence-electron chi connectivity index (χ1n) is 9.59. The van der Waals surface area contributed by atoms with Crippen LogP contribution in [0.5, 0.6) is 0 Å². The van der Waals surface area contributed by atoms with Crippen LogP contribution >= 0.6 is 0 Å². The van der Waals surface area contributed by atoms with Gasteiger partial charge in [-0.3, -0.25) is 0 Å². The lowest BCUT2D eigenvalue weighted by Gasteiger charge is -2.46. The van der Waals surface area contributed by atoms with Crippen LogP contribution in [0.25, 0.3) is 0 Å². The van der Waals surface area contributed by atoms with Crippen molar-refractivity contribution in [3.05, 3.63) is 41.7 Å². The summed E-state index contributed by atoms with van der Waals surface area (Å²) in [4.78, 5) is 8.71. The first-order chi connectivity index (χ1) is 12.6. The number of nitrogens with zero attached hydrogens (tertiary/aromatic N) is 2. The van der Waals surface area contributed by atoms with Crippen molar-refractivity contribution in [1.29, 1.82) is 0 Å². The molecule has 1 aliphatic heterocycles. The second-order valence-corrected chi connectivity index (χ2v) is 8.97. The van der Waals surface area contributed by atoms with Crippen molar-refractivity contribution < 1.29 is 0 Å². The fourth-order valence-corrected chi connectivity index (χ4v) is 4.16. The summed E-state index contributed by atoms with van der Waals surface area (Å²) in [5.74, 6) is 1.37. The Bertz CT molecular complexity index is 766. The molecule has 0 saturated carbocycles. The molecule has 0 unspecified atom stereocenters. The van der Waals surface area contributed by atoms with E-state index < -0.39 is 0 Å². The third kappa shape index (κ3) is 5.10. The molecule has 0 bridgehead atoms. The molecular weight excluding hydrogens is 336 g/mol. The van der Waals surface area contributed by atoms with E-state index in [1.54, 1.807) is 6.33 Å². The van der Waals surface area contributed by atoms with Gasteiger partial charge in [-0.05, 0) is 53.0 Å². The Labute approximate surface area is 162 Å². The van der Waals surface area contributed by atoms with Crippen LogP contribution in [-0.2, 0) is 6.54 Å². The van der Waals surface area contributed by atoms with Gasteiger partial charge in [0, 0.05) is 23.7 Å². The van der Waals surface area contributed by atoms with E-state index in [2.05, 4.69) is 84.8 Å². The highest BCUT2D eigenvalue weighted by molar-refractivity contribution is 5.74. The molecule has 2 aromatic rings. The first-order valence-corrected chi connectivity index (χ1v) is 9.59. The minimum atomic E-state index is 0.0632. The molecule has 3 rings (SSSR count). The largest absolute Gasteiger partial charge is 0.393 e. The quantitative estimate of drug-likeness (QED) is 0.644. The Balaban J connectivity index is 1.70. The molecule has 0 amide bonds. The number of aryl methyl sites for hydroxylation is 1. The van der Waals surface area contributed by atoms with E-state index in [1.165, 1.54) is 11.1 Å². The van der Waals surface area contributed by atoms with Crippen LogP contribution in [0.3, 0.4) is 0 Å². The maximum atomic E-state index is 6.36. The Kier molecular flexibility index (Phi) is 5.29. The summed E-state index contributed by atoms with van der Waals surface area (Å²) >= 11 is 0. The normalized spacial score (nSPS) is 18.9. The fourth-order valence-electron chi connectivity index (χ4n) is 4.16. The second kappa shape index (κ2) is 7.35. The summed E-state index contributed by atoms with van der Waals surface area (Å²) in [6.45, 7) is 11.7. The van der Waals surface area contributed by atoms with Crippen LogP contribution < -0.4 is 21.7 Å². The summed E-state index contributed by atoms with van der Waals surface area (Å²) in [5.41, 5.74) is 9.49. The van der Waals surface area contributed by atoms with Gasteiger partial charge in [0.15, 0.2) is 11.6 Å². The average Bonchev–Trinajstić information content (AvgIpc) is 2.54. The first kappa shape index (κ1) is 19.4. The van der Waals surface area contributed by atoms with Gasteiger partial charge in [0.05, 0.1) is 0 Å². The van der Waals surface area contributed by atoms with Gasteiger partial charge in [0.2, 0.25) is 0 Å². The predicted molar refractivity (Wildman–Crippen MR) is 113 cm³/mol. The Morgan fingerprint density at radius 3 is 2.26 bits per heavy atom. The van der Waals surface area contributed by atoms with E-state index >= 15 is 0 Å². The monoisotopic (exact) mass is 368 g/mol. The van der Waals surface area contributed by atoms with Crippen LogP contribution in [0, 0.1) is 6.92 Å². The Morgan fingerprint density at radius 1 is 1.04 bits per heavy atom. The lowest BCUT2D eigenvalue weighted by Crippen LogP contribution is -2.60. The van der Waals surface area contributed by atoms with Crippen LogP contribution in [0.2, 0.25) is 0 Å². The highest BCUT2D eigenvalue weighted by Crippen LogP contribution is 2.32. The SMILES string of the molecule is Cc1ccc(CNc2ncnc(NC3CC(C)(C)NC(C)(C)C3)c2N)cc1. The number of hydrogen-bond donors (Lipinski definition) is 4. The van der Waals surface area contributed by atoms with E-state index in [-0.39, 0.29) is 11.1 Å². The summed E-state index contributed by atoms with van der Waals surface area (Å²) in [7, 11) is 0. The van der Waals surface area contributed by atoms with Gasteiger partial charge in [-0.2, -0.15) is 0 Å². The highest BCUT2D eigenvalue weighted by atomic mass is 15.1. The lowest BCUT2D eigenvalue weighted by molar-refractivity contribution is 0.170. The van der Waals surface area contributed by atoms with Gasteiger partial charge in [-0.15, -0.1) is 0 Å². The van der Waals surface area contributed by atoms with Crippen molar-refractivity contribution in [2.75, 3.05) is 16.4 Å². The number of benzene rings is 1. The standard InChI is InChI=1S/C21H32N6/c1-14-6-8-15(9-7-14)12-23-18-17(22)19(25-13-24-18)26-16-10-20(2,3)27-21(4,5)11-16/h6-9,13,16,27H,10-12,22H2,1-5H3,(H2,23,24,25,26). The van der Waals surface area contributed by atoms with Crippen molar-refractivity contribution >= 4 is 17.3 Å². The topological polar surface area (TPSA) is 87.9 Å². The number of hydrogen-bond acceptors (Lipinski definition) is 6. The van der Waals surface area contributed by atoms with Crippen molar-refractivity contribution in [3.8, 4) is 0 Å². The number of aromatic nitrogens is 2. The van der Waals surface area contributed by atoms with Gasteiger partial charge in [0.25, 0.3) is 0 Å². The summed E-state index contributed by atoms with van der Waals surface area (Å²) in [6.07, 6.45) is 3.57. The maximum Gasteiger partial charge on any atom is 0.155 e. The van der Waals surface area contributed by atoms with E-state index in [9.17, 15) is 0 Å². The zero-order chi connectivity index (χ0) is 19.7. The average molecular weight is 369 g/mol. The molecule has 146 valence electrons. The minimum Gasteiger partial charge on any atom is -0.393 e. The fraction of sp³-hybridized carbons (Fsp3) is 0.524. The van der Waals surface area contributed by atoms with Crippen LogP contribution in [0.15, 0.2) is 30.6 Å². The molecular formula is C21H32N6. The molecule has 1 aromatic carbocycles. The van der Waals surface area contributed by atoms with E-state index in [0.29, 0.717) is 29.9 Å². The van der Waals surface area contributed by atoms with Crippen LogP contribution in [-0.4, -0.2) is 27.1 Å². The van der Waals surface area contributed by atoms with E-state index in [4.69, 9.17) is 5.73 Å². The molecule has 1 aromatic heterocycles. The molecule has 1 saturated heterocycles. The van der Waals surface area contributed by atoms with Gasteiger partial charge in [-0.25, -0.2) is 9.97 Å². The second-order valence-electron chi connectivity index (χ2n) is 8.97. The zero-order valence-corrected chi connectivity index (χ0v) is 17.1. The molecule has 1 fully saturated rings. The Hall–Kier alpha value is -2.34. The van der Waals surface area contributed by atoms with Crippen molar-refractivity contribution in [2.24, 2.45) is 0 Å². The number of rotatable bonds is 5. The summed E-state index contributed by atoms with van der Waals surface area (Å²) in [6, 6.07) is 8.73. The highest BCUT2D eigenvalue weighted by Gasteiger charge is 2.37. The molecule has 6 nitrogen and oxygen atoms in total. The van der Waals surface area contributed by atoms with E-state index in [0.717, 1.165) is 12.8 Å². The van der Waals surface area contributed by atoms with Crippen molar-refractivity contribution in [2.45, 2.75) is 71.1 Å². The molecule has 27 heavy (non-hydrogen) atoms. The van der Waals surface area contributed by atoms with Crippen molar-refractivity contribution in [1.82, 2.24) is 15.3 Å². The van der Waals surface area contributed by atoms with Crippen LogP contribution in [0.1, 0.15) is 51.7 Å². The molecule has 0 spiro atoms. The zero-order valence-electron chi connectivity index (χ0n) is 17.1. The smallest absolute Gasteiger partial charge is 0.155 e. The molecule has 0 radical (unpaired) electrons. The lowest BCUT2D eigenvalue weighted by atomic mass is 9.79. The van der Waals surface area contributed by atoms with E-state index in [1.807, 2.05) is 0 Å². The molecule has 0 atom stereocenters. The number of nitrogens with one attached hydrogen (secondary N) is 3. The van der Waals surface area contributed by atoms with Gasteiger partial charge >= 0.3 is 0 Å². The summed E-state index contributed by atoms with van der Waals surface area (Å²) < 4.78 is 0. The molecule has 1 aliphatic rings. The Morgan fingerprint density at radius 2 is 1.63 bits per heavy atom. The number of nitrogens with two attached hydrogens (primary N) is 1. The molecule has 5 N–H and O–H groups in total. The number of piperidine rings is 1. The number of anilines is 3. The summed E-state index contributed by atoms with van der Waals surface area (Å²) in [5, 5.41) is 10.6. The third-order valence-electron chi connectivity index (χ3n) is 5.00. The molecule has 0 aliphatic carbocycles. The van der Waals surface area contributed by atoms with Crippen LogP contribution in [0.4, 0.5) is 17.3 Å². The molecule has 6 heteroatoms. The van der Waals surface area contributed by atoms with Crippen molar-refractivity contribution in [3.63, 3.8) is 0 Å². The predicted octanol–water partition coefficient (Wildman–Crippen LogP) is 3.70.